The number of hydrogen-bond acceptors (Lipinski definition) is 3. The van der Waals surface area contributed by atoms with Crippen molar-refractivity contribution in [2.75, 3.05) is 18.1 Å². The Morgan fingerprint density at radius 3 is 2.57 bits per heavy atom. The van der Waals surface area contributed by atoms with Gasteiger partial charge in [0, 0.05) is 29.6 Å². The van der Waals surface area contributed by atoms with Crippen LogP contribution in [0.5, 0.6) is 0 Å². The molecule has 0 aliphatic heterocycles. The summed E-state index contributed by atoms with van der Waals surface area (Å²) in [6, 6.07) is 7.98. The summed E-state index contributed by atoms with van der Waals surface area (Å²) in [5.74, 6) is 0. The van der Waals surface area contributed by atoms with Crippen molar-refractivity contribution >= 4 is 21.6 Å². The molecule has 4 heteroatoms. The smallest absolute Gasteiger partial charge is 0.0606 e. The zero-order chi connectivity index (χ0) is 14.7. The third kappa shape index (κ3) is 3.99. The van der Waals surface area contributed by atoms with Crippen LogP contribution in [-0.4, -0.2) is 30.3 Å². The summed E-state index contributed by atoms with van der Waals surface area (Å²) in [6.45, 7) is 1.89. The van der Waals surface area contributed by atoms with Crippen molar-refractivity contribution in [3.8, 4) is 0 Å². The van der Waals surface area contributed by atoms with E-state index in [1.54, 1.807) is 0 Å². The van der Waals surface area contributed by atoms with Crippen molar-refractivity contribution in [1.29, 1.82) is 0 Å². The summed E-state index contributed by atoms with van der Waals surface area (Å²) < 4.78 is 1.15. The largest absolute Gasteiger partial charge is 0.395 e. The van der Waals surface area contributed by atoms with E-state index in [2.05, 4.69) is 44.3 Å². The number of aliphatic hydroxyl groups is 1. The summed E-state index contributed by atoms with van der Waals surface area (Å²) in [7, 11) is 0. The Hall–Kier alpha value is -0.580. The van der Waals surface area contributed by atoms with E-state index in [1.807, 2.05) is 0 Å². The molecule has 1 aromatic rings. The monoisotopic (exact) mass is 352 g/mol. The van der Waals surface area contributed by atoms with Crippen molar-refractivity contribution in [2.24, 2.45) is 0 Å². The SMILES string of the molecule is OCCN(c1ccc(CNC2CC2)cc1Br)C1CCCC1. The highest BCUT2D eigenvalue weighted by Gasteiger charge is 2.24. The first-order valence-electron chi connectivity index (χ1n) is 8.17. The van der Waals surface area contributed by atoms with Crippen molar-refractivity contribution < 1.29 is 5.11 Å². The van der Waals surface area contributed by atoms with Crippen LogP contribution in [0.1, 0.15) is 44.1 Å². The van der Waals surface area contributed by atoms with Crippen molar-refractivity contribution in [2.45, 2.75) is 57.2 Å². The molecule has 2 N–H and O–H groups in total. The Morgan fingerprint density at radius 2 is 1.95 bits per heavy atom. The molecule has 3 rings (SSSR count). The number of aliphatic hydroxyl groups excluding tert-OH is 1. The minimum Gasteiger partial charge on any atom is -0.395 e. The third-order valence-corrected chi connectivity index (χ3v) is 5.24. The lowest BCUT2D eigenvalue weighted by Crippen LogP contribution is -2.36. The lowest BCUT2D eigenvalue weighted by Gasteiger charge is -2.31. The van der Waals surface area contributed by atoms with E-state index in [9.17, 15) is 5.11 Å². The second kappa shape index (κ2) is 7.12. The van der Waals surface area contributed by atoms with E-state index in [-0.39, 0.29) is 6.61 Å². The zero-order valence-corrected chi connectivity index (χ0v) is 14.1. The van der Waals surface area contributed by atoms with Gasteiger partial charge in [-0.2, -0.15) is 0 Å². The fraction of sp³-hybridized carbons (Fsp3) is 0.647. The molecule has 2 aliphatic rings. The Labute approximate surface area is 135 Å². The molecule has 1 aromatic carbocycles. The molecule has 21 heavy (non-hydrogen) atoms. The molecular weight excluding hydrogens is 328 g/mol. The summed E-state index contributed by atoms with van der Waals surface area (Å²) in [4.78, 5) is 2.38. The Balaban J connectivity index is 1.71. The summed E-state index contributed by atoms with van der Waals surface area (Å²) >= 11 is 3.74. The highest BCUT2D eigenvalue weighted by Crippen LogP contribution is 2.33. The molecule has 2 saturated carbocycles. The van der Waals surface area contributed by atoms with Gasteiger partial charge in [0.1, 0.15) is 0 Å². The maximum Gasteiger partial charge on any atom is 0.0606 e. The predicted molar refractivity (Wildman–Crippen MR) is 90.7 cm³/mol. The molecular formula is C17H25BrN2O. The molecule has 0 atom stereocenters. The van der Waals surface area contributed by atoms with Crippen LogP contribution >= 0.6 is 15.9 Å². The Bertz CT molecular complexity index is 470. The maximum atomic E-state index is 9.39. The number of nitrogens with one attached hydrogen (secondary N) is 1. The first-order valence-corrected chi connectivity index (χ1v) is 8.96. The summed E-state index contributed by atoms with van der Waals surface area (Å²) in [6.07, 6.45) is 7.77. The Kier molecular flexibility index (Phi) is 5.19. The van der Waals surface area contributed by atoms with E-state index in [4.69, 9.17) is 0 Å². The van der Waals surface area contributed by atoms with Gasteiger partial charge in [-0.3, -0.25) is 0 Å². The third-order valence-electron chi connectivity index (χ3n) is 4.60. The maximum absolute atomic E-state index is 9.39. The molecule has 0 saturated heterocycles. The number of anilines is 1. The molecule has 3 nitrogen and oxygen atoms in total. The predicted octanol–water partition coefficient (Wildman–Crippen LogP) is 3.44. The van der Waals surface area contributed by atoms with Crippen LogP contribution in [0.15, 0.2) is 22.7 Å². The average Bonchev–Trinajstić information content (AvgIpc) is 3.16. The van der Waals surface area contributed by atoms with Crippen molar-refractivity contribution in [3.63, 3.8) is 0 Å². The van der Waals surface area contributed by atoms with Gasteiger partial charge in [0.2, 0.25) is 0 Å². The van der Waals surface area contributed by atoms with Gasteiger partial charge in [-0.1, -0.05) is 18.9 Å². The topological polar surface area (TPSA) is 35.5 Å². The van der Waals surface area contributed by atoms with E-state index in [0.717, 1.165) is 23.6 Å². The number of rotatable bonds is 7. The lowest BCUT2D eigenvalue weighted by atomic mass is 10.1. The molecule has 0 spiro atoms. The number of halogens is 1. The van der Waals surface area contributed by atoms with Gasteiger partial charge in [-0.25, -0.2) is 0 Å². The first kappa shape index (κ1) is 15.3. The molecule has 0 aromatic heterocycles. The normalized spacial score (nSPS) is 19.1. The van der Waals surface area contributed by atoms with E-state index in [0.29, 0.717) is 6.04 Å². The number of nitrogens with zero attached hydrogens (tertiary/aromatic N) is 1. The van der Waals surface area contributed by atoms with Crippen LogP contribution in [0.25, 0.3) is 0 Å². The number of hydrogen-bond donors (Lipinski definition) is 2. The van der Waals surface area contributed by atoms with E-state index < -0.39 is 0 Å². The van der Waals surface area contributed by atoms with Crippen LogP contribution in [0.4, 0.5) is 5.69 Å². The second-order valence-corrected chi connectivity index (χ2v) is 7.15. The fourth-order valence-electron chi connectivity index (χ4n) is 3.27. The molecule has 0 radical (unpaired) electrons. The van der Waals surface area contributed by atoms with Gasteiger partial charge in [-0.15, -0.1) is 0 Å². The van der Waals surface area contributed by atoms with Gasteiger partial charge < -0.3 is 15.3 Å². The lowest BCUT2D eigenvalue weighted by molar-refractivity contribution is 0.297. The Morgan fingerprint density at radius 1 is 1.19 bits per heavy atom. The minimum absolute atomic E-state index is 0.216. The first-order chi connectivity index (χ1) is 10.3. The van der Waals surface area contributed by atoms with Gasteiger partial charge >= 0.3 is 0 Å². The van der Waals surface area contributed by atoms with Gasteiger partial charge in [0.05, 0.1) is 12.3 Å². The highest BCUT2D eigenvalue weighted by molar-refractivity contribution is 9.10. The standard InChI is InChI=1S/C17H25BrN2O/c18-16-11-13(12-19-14-6-7-14)5-8-17(16)20(9-10-21)15-3-1-2-4-15/h5,8,11,14-15,19,21H,1-4,6-7,9-10,12H2. The van der Waals surface area contributed by atoms with Crippen LogP contribution in [0.2, 0.25) is 0 Å². The minimum atomic E-state index is 0.216. The molecule has 116 valence electrons. The molecule has 2 aliphatic carbocycles. The van der Waals surface area contributed by atoms with Gasteiger partial charge in [-0.05, 0) is 59.3 Å². The fourth-order valence-corrected chi connectivity index (χ4v) is 3.92. The van der Waals surface area contributed by atoms with Crippen LogP contribution in [-0.2, 0) is 6.54 Å². The molecule has 0 heterocycles. The van der Waals surface area contributed by atoms with Crippen LogP contribution in [0, 0.1) is 0 Å². The second-order valence-electron chi connectivity index (χ2n) is 6.30. The average molecular weight is 353 g/mol. The van der Waals surface area contributed by atoms with Crippen LogP contribution < -0.4 is 10.2 Å². The van der Waals surface area contributed by atoms with Gasteiger partial charge in [0.25, 0.3) is 0 Å². The molecule has 0 amide bonds. The van der Waals surface area contributed by atoms with Crippen molar-refractivity contribution in [3.05, 3.63) is 28.2 Å². The molecule has 2 fully saturated rings. The van der Waals surface area contributed by atoms with Crippen LogP contribution in [0.3, 0.4) is 0 Å². The summed E-state index contributed by atoms with van der Waals surface area (Å²) in [5, 5.41) is 12.9. The zero-order valence-electron chi connectivity index (χ0n) is 12.5. The molecule has 0 unspecified atom stereocenters. The highest BCUT2D eigenvalue weighted by atomic mass is 79.9. The van der Waals surface area contributed by atoms with Gasteiger partial charge in [0.15, 0.2) is 0 Å². The summed E-state index contributed by atoms with van der Waals surface area (Å²) in [5.41, 5.74) is 2.55. The quantitative estimate of drug-likeness (QED) is 0.788. The van der Waals surface area contributed by atoms with Crippen molar-refractivity contribution in [1.82, 2.24) is 5.32 Å². The number of benzene rings is 1. The molecule has 0 bridgehead atoms. The van der Waals surface area contributed by atoms with E-state index >= 15 is 0 Å². The van der Waals surface area contributed by atoms with E-state index in [1.165, 1.54) is 49.8 Å².